The number of anilines is 1. The summed E-state index contributed by atoms with van der Waals surface area (Å²) >= 11 is 0. The van der Waals surface area contributed by atoms with Crippen molar-refractivity contribution >= 4 is 11.6 Å². The number of ether oxygens (including phenoxy) is 2. The minimum Gasteiger partial charge on any atom is -0.493 e. The molecule has 5 rings (SSSR count). The fourth-order valence-electron chi connectivity index (χ4n) is 6.88. The molecule has 0 unspecified atom stereocenters. The summed E-state index contributed by atoms with van der Waals surface area (Å²) in [5.41, 5.74) is 1.26. The Morgan fingerprint density at radius 1 is 1.00 bits per heavy atom. The van der Waals surface area contributed by atoms with Crippen LogP contribution in [0.2, 0.25) is 0 Å². The van der Waals surface area contributed by atoms with Gasteiger partial charge in [0, 0.05) is 11.8 Å². The van der Waals surface area contributed by atoms with E-state index in [0.717, 1.165) is 24.9 Å². The van der Waals surface area contributed by atoms with Crippen molar-refractivity contribution in [3.63, 3.8) is 0 Å². The highest BCUT2D eigenvalue weighted by atomic mass is 16.5. The van der Waals surface area contributed by atoms with Crippen LogP contribution in [-0.2, 0) is 4.79 Å². The molecule has 25 heavy (non-hydrogen) atoms. The molecule has 4 aliphatic rings. The number of carbonyl (C=O) groups is 1. The Labute approximate surface area is 150 Å². The molecule has 0 aliphatic heterocycles. The summed E-state index contributed by atoms with van der Waals surface area (Å²) < 4.78 is 10.6. The summed E-state index contributed by atoms with van der Waals surface area (Å²) in [6, 6.07) is 5.58. The molecule has 4 aliphatic carbocycles. The van der Waals surface area contributed by atoms with Gasteiger partial charge in [-0.15, -0.1) is 0 Å². The van der Waals surface area contributed by atoms with E-state index in [1.54, 1.807) is 14.2 Å². The van der Waals surface area contributed by atoms with Gasteiger partial charge in [0.25, 0.3) is 0 Å². The maximum absolute atomic E-state index is 13.3. The standard InChI is InChI=1S/C21H29NO3/c1-19-8-14-9-20(2,11-19)13-21(10-14,12-19)18(23)22-15-5-6-16(24-3)17(7-15)25-4/h5-7,14H,8-13H2,1-4H3,(H,22,23)/t14?,19-,20-,21?/m1/s1. The van der Waals surface area contributed by atoms with Crippen LogP contribution in [-0.4, -0.2) is 20.1 Å². The summed E-state index contributed by atoms with van der Waals surface area (Å²) in [4.78, 5) is 13.3. The molecule has 1 aromatic carbocycles. The first-order valence-corrected chi connectivity index (χ1v) is 9.32. The van der Waals surface area contributed by atoms with Crippen LogP contribution in [0.4, 0.5) is 5.69 Å². The van der Waals surface area contributed by atoms with E-state index in [2.05, 4.69) is 19.2 Å². The SMILES string of the molecule is COc1ccc(NC(=O)C23CC4C[C@@](C)(C2)C[C@@](C)(C4)C3)cc1OC. The van der Waals surface area contributed by atoms with Gasteiger partial charge in [-0.1, -0.05) is 13.8 Å². The number of amides is 1. The van der Waals surface area contributed by atoms with Crippen molar-refractivity contribution in [2.45, 2.75) is 52.4 Å². The van der Waals surface area contributed by atoms with E-state index in [1.807, 2.05) is 18.2 Å². The Hall–Kier alpha value is -1.71. The van der Waals surface area contributed by atoms with Gasteiger partial charge in [-0.2, -0.15) is 0 Å². The topological polar surface area (TPSA) is 47.6 Å². The molecule has 0 aromatic heterocycles. The summed E-state index contributed by atoms with van der Waals surface area (Å²) in [6.07, 6.45) is 7.00. The average Bonchev–Trinajstić information content (AvgIpc) is 2.51. The molecule has 0 heterocycles. The van der Waals surface area contributed by atoms with Gasteiger partial charge >= 0.3 is 0 Å². The lowest BCUT2D eigenvalue weighted by Gasteiger charge is -2.64. The lowest BCUT2D eigenvalue weighted by molar-refractivity contribution is -0.165. The van der Waals surface area contributed by atoms with E-state index < -0.39 is 0 Å². The van der Waals surface area contributed by atoms with E-state index in [-0.39, 0.29) is 11.3 Å². The Kier molecular flexibility index (Phi) is 3.61. The predicted molar refractivity (Wildman–Crippen MR) is 98.0 cm³/mol. The second-order valence-electron chi connectivity index (χ2n) is 9.43. The second kappa shape index (κ2) is 5.39. The van der Waals surface area contributed by atoms with E-state index in [1.165, 1.54) is 19.3 Å². The Balaban J connectivity index is 1.59. The third-order valence-corrected chi connectivity index (χ3v) is 6.75. The predicted octanol–water partition coefficient (Wildman–Crippen LogP) is 4.64. The zero-order valence-electron chi connectivity index (χ0n) is 15.8. The van der Waals surface area contributed by atoms with Crippen molar-refractivity contribution < 1.29 is 14.3 Å². The maximum Gasteiger partial charge on any atom is 0.230 e. The highest BCUT2D eigenvalue weighted by Gasteiger charge is 2.62. The van der Waals surface area contributed by atoms with Gasteiger partial charge in [-0.3, -0.25) is 4.79 Å². The number of hydrogen-bond donors (Lipinski definition) is 1. The lowest BCUT2D eigenvalue weighted by atomic mass is 9.40. The molecular formula is C21H29NO3. The largest absolute Gasteiger partial charge is 0.493 e. The van der Waals surface area contributed by atoms with Crippen molar-refractivity contribution in [1.29, 1.82) is 0 Å². The van der Waals surface area contributed by atoms with Gasteiger partial charge in [-0.25, -0.2) is 0 Å². The number of rotatable bonds is 4. The molecule has 2 atom stereocenters. The smallest absolute Gasteiger partial charge is 0.230 e. The monoisotopic (exact) mass is 343 g/mol. The van der Waals surface area contributed by atoms with Gasteiger partial charge in [-0.05, 0) is 67.4 Å². The molecule has 1 aromatic rings. The fraction of sp³-hybridized carbons (Fsp3) is 0.667. The maximum atomic E-state index is 13.3. The van der Waals surface area contributed by atoms with E-state index in [4.69, 9.17) is 9.47 Å². The number of benzene rings is 1. The normalized spacial score (nSPS) is 38.5. The molecule has 4 fully saturated rings. The molecule has 136 valence electrons. The third kappa shape index (κ3) is 2.70. The zero-order valence-corrected chi connectivity index (χ0v) is 15.8. The minimum atomic E-state index is -0.198. The number of carbonyl (C=O) groups excluding carboxylic acids is 1. The molecule has 0 saturated heterocycles. The second-order valence-corrected chi connectivity index (χ2v) is 9.43. The van der Waals surface area contributed by atoms with Gasteiger partial charge < -0.3 is 14.8 Å². The van der Waals surface area contributed by atoms with Crippen LogP contribution >= 0.6 is 0 Å². The molecule has 4 saturated carbocycles. The molecular weight excluding hydrogens is 314 g/mol. The van der Waals surface area contributed by atoms with Crippen LogP contribution in [0.3, 0.4) is 0 Å². The summed E-state index contributed by atoms with van der Waals surface area (Å²) in [5, 5.41) is 3.18. The number of nitrogens with one attached hydrogen (secondary N) is 1. The molecule has 0 radical (unpaired) electrons. The van der Waals surface area contributed by atoms with Crippen LogP contribution in [0.15, 0.2) is 18.2 Å². The lowest BCUT2D eigenvalue weighted by Crippen LogP contribution is -2.58. The van der Waals surface area contributed by atoms with Crippen molar-refractivity contribution in [3.05, 3.63) is 18.2 Å². The van der Waals surface area contributed by atoms with Crippen molar-refractivity contribution in [2.75, 3.05) is 19.5 Å². The zero-order chi connectivity index (χ0) is 17.9. The molecule has 4 nitrogen and oxygen atoms in total. The Morgan fingerprint density at radius 3 is 2.20 bits per heavy atom. The molecule has 1 N–H and O–H groups in total. The van der Waals surface area contributed by atoms with Crippen molar-refractivity contribution in [2.24, 2.45) is 22.2 Å². The first-order valence-electron chi connectivity index (χ1n) is 9.32. The van der Waals surface area contributed by atoms with Crippen LogP contribution in [0.5, 0.6) is 11.5 Å². The molecule has 0 spiro atoms. The fourth-order valence-corrected chi connectivity index (χ4v) is 6.88. The van der Waals surface area contributed by atoms with Crippen LogP contribution in [0.25, 0.3) is 0 Å². The summed E-state index contributed by atoms with van der Waals surface area (Å²) in [7, 11) is 3.23. The first kappa shape index (κ1) is 16.7. The van der Waals surface area contributed by atoms with E-state index >= 15 is 0 Å². The van der Waals surface area contributed by atoms with Crippen LogP contribution in [0.1, 0.15) is 52.4 Å². The highest BCUT2D eigenvalue weighted by molar-refractivity contribution is 5.96. The average molecular weight is 343 g/mol. The van der Waals surface area contributed by atoms with E-state index in [0.29, 0.717) is 28.2 Å². The molecule has 1 amide bonds. The Bertz CT molecular complexity index is 695. The van der Waals surface area contributed by atoms with Crippen LogP contribution < -0.4 is 14.8 Å². The quantitative estimate of drug-likeness (QED) is 0.866. The summed E-state index contributed by atoms with van der Waals surface area (Å²) in [5.74, 6) is 2.23. The Morgan fingerprint density at radius 2 is 1.64 bits per heavy atom. The first-order chi connectivity index (χ1) is 11.8. The molecule has 4 heteroatoms. The minimum absolute atomic E-state index is 0.196. The molecule has 4 bridgehead atoms. The van der Waals surface area contributed by atoms with Gasteiger partial charge in [0.2, 0.25) is 5.91 Å². The highest BCUT2D eigenvalue weighted by Crippen LogP contribution is 2.69. The van der Waals surface area contributed by atoms with Crippen LogP contribution in [0, 0.1) is 22.2 Å². The van der Waals surface area contributed by atoms with Gasteiger partial charge in [0.1, 0.15) is 0 Å². The number of methoxy groups -OCH3 is 2. The van der Waals surface area contributed by atoms with Crippen molar-refractivity contribution in [3.8, 4) is 11.5 Å². The van der Waals surface area contributed by atoms with Crippen molar-refractivity contribution in [1.82, 2.24) is 0 Å². The van der Waals surface area contributed by atoms with Gasteiger partial charge in [0.15, 0.2) is 11.5 Å². The van der Waals surface area contributed by atoms with Gasteiger partial charge in [0.05, 0.1) is 19.6 Å². The summed E-state index contributed by atoms with van der Waals surface area (Å²) in [6.45, 7) is 4.79. The van der Waals surface area contributed by atoms with E-state index in [9.17, 15) is 4.79 Å². The number of hydrogen-bond acceptors (Lipinski definition) is 3. The third-order valence-electron chi connectivity index (χ3n) is 6.75.